The second kappa shape index (κ2) is 7.11. The van der Waals surface area contributed by atoms with E-state index in [4.69, 9.17) is 5.11 Å². The summed E-state index contributed by atoms with van der Waals surface area (Å²) in [6, 6.07) is 13.6. The summed E-state index contributed by atoms with van der Waals surface area (Å²) in [5, 5.41) is 18.5. The van der Waals surface area contributed by atoms with E-state index in [9.17, 15) is 14.7 Å². The standard InChI is InChI=1S/C18H17O4/c1-12(21)18(15-4-2-13(10-19)3-5-15)16-8-6-14(7-9-16)17(22)11-20/h2-9,17-18,20,22H,11H2,1H3. The van der Waals surface area contributed by atoms with Crippen LogP contribution in [0.1, 0.15) is 41.2 Å². The smallest absolute Gasteiger partial charge is 0.233 e. The Morgan fingerprint density at radius 1 is 1.00 bits per heavy atom. The molecule has 22 heavy (non-hydrogen) atoms. The van der Waals surface area contributed by atoms with E-state index >= 15 is 0 Å². The Hall–Kier alpha value is -2.30. The van der Waals surface area contributed by atoms with Crippen LogP contribution in [0, 0.1) is 0 Å². The average molecular weight is 297 g/mol. The molecule has 2 unspecified atom stereocenters. The number of hydrogen-bond acceptors (Lipinski definition) is 4. The Morgan fingerprint density at radius 2 is 1.45 bits per heavy atom. The Labute approximate surface area is 129 Å². The number of ketones is 1. The number of carbonyl (C=O) groups excluding carboxylic acids is 2. The van der Waals surface area contributed by atoms with Crippen molar-refractivity contribution >= 4 is 12.1 Å². The molecule has 0 saturated heterocycles. The molecule has 4 nitrogen and oxygen atoms in total. The van der Waals surface area contributed by atoms with Crippen molar-refractivity contribution in [3.05, 3.63) is 70.8 Å². The fourth-order valence-corrected chi connectivity index (χ4v) is 2.42. The first-order chi connectivity index (χ1) is 10.6. The number of hydrogen-bond donors (Lipinski definition) is 2. The lowest BCUT2D eigenvalue weighted by molar-refractivity contribution is -0.117. The molecule has 0 aromatic heterocycles. The largest absolute Gasteiger partial charge is 0.393 e. The van der Waals surface area contributed by atoms with Gasteiger partial charge in [0.2, 0.25) is 6.29 Å². The van der Waals surface area contributed by atoms with E-state index in [0.717, 1.165) is 11.1 Å². The highest BCUT2D eigenvalue weighted by atomic mass is 16.3. The van der Waals surface area contributed by atoms with Gasteiger partial charge in [0.15, 0.2) is 0 Å². The van der Waals surface area contributed by atoms with Crippen molar-refractivity contribution in [2.24, 2.45) is 0 Å². The zero-order valence-corrected chi connectivity index (χ0v) is 12.2. The lowest BCUT2D eigenvalue weighted by Gasteiger charge is -2.16. The summed E-state index contributed by atoms with van der Waals surface area (Å²) < 4.78 is 0. The lowest BCUT2D eigenvalue weighted by Crippen LogP contribution is -2.11. The first-order valence-corrected chi connectivity index (χ1v) is 6.94. The van der Waals surface area contributed by atoms with E-state index in [1.165, 1.54) is 6.92 Å². The molecule has 0 fully saturated rings. The molecule has 2 atom stereocenters. The molecule has 2 N–H and O–H groups in total. The van der Waals surface area contributed by atoms with E-state index in [0.29, 0.717) is 11.1 Å². The third-order valence-corrected chi connectivity index (χ3v) is 3.60. The van der Waals surface area contributed by atoms with E-state index in [2.05, 4.69) is 0 Å². The fourth-order valence-electron chi connectivity index (χ4n) is 2.42. The zero-order chi connectivity index (χ0) is 16.1. The van der Waals surface area contributed by atoms with Gasteiger partial charge >= 0.3 is 0 Å². The van der Waals surface area contributed by atoms with Gasteiger partial charge in [0.25, 0.3) is 0 Å². The second-order valence-electron chi connectivity index (χ2n) is 5.13. The van der Waals surface area contributed by atoms with Crippen LogP contribution in [0.2, 0.25) is 0 Å². The molecule has 0 aliphatic heterocycles. The van der Waals surface area contributed by atoms with E-state index in [1.54, 1.807) is 54.8 Å². The maximum absolute atomic E-state index is 12.0. The van der Waals surface area contributed by atoms with Crippen molar-refractivity contribution in [2.75, 3.05) is 6.61 Å². The summed E-state index contributed by atoms with van der Waals surface area (Å²) in [5.41, 5.74) is 2.62. The van der Waals surface area contributed by atoms with Crippen LogP contribution >= 0.6 is 0 Å². The minimum absolute atomic E-state index is 0.0155. The summed E-state index contributed by atoms with van der Waals surface area (Å²) in [5.74, 6) is -0.445. The van der Waals surface area contributed by atoms with Crippen LogP contribution in [0.3, 0.4) is 0 Å². The van der Waals surface area contributed by atoms with Crippen LogP contribution in [0.4, 0.5) is 0 Å². The minimum Gasteiger partial charge on any atom is -0.393 e. The third-order valence-electron chi connectivity index (χ3n) is 3.60. The van der Waals surface area contributed by atoms with Gasteiger partial charge in [-0.25, -0.2) is 0 Å². The van der Waals surface area contributed by atoms with E-state index in [1.807, 2.05) is 0 Å². The molecule has 113 valence electrons. The van der Waals surface area contributed by atoms with Crippen LogP contribution in [0.15, 0.2) is 48.5 Å². The first-order valence-electron chi connectivity index (χ1n) is 6.94. The van der Waals surface area contributed by atoms with Crippen molar-refractivity contribution in [1.82, 2.24) is 0 Å². The summed E-state index contributed by atoms with van der Waals surface area (Å²) >= 11 is 0. The highest BCUT2D eigenvalue weighted by Gasteiger charge is 2.19. The minimum atomic E-state index is -0.924. The zero-order valence-electron chi connectivity index (χ0n) is 12.2. The molecular weight excluding hydrogens is 280 g/mol. The quantitative estimate of drug-likeness (QED) is 0.854. The monoisotopic (exact) mass is 297 g/mol. The predicted octanol–water partition coefficient (Wildman–Crippen LogP) is 1.89. The van der Waals surface area contributed by atoms with Crippen molar-refractivity contribution < 1.29 is 19.8 Å². The Bertz CT molecular complexity index is 644. The highest BCUT2D eigenvalue weighted by Crippen LogP contribution is 2.27. The van der Waals surface area contributed by atoms with Gasteiger partial charge in [-0.2, -0.15) is 0 Å². The number of aliphatic hydroxyl groups is 2. The van der Waals surface area contributed by atoms with Crippen molar-refractivity contribution in [3.8, 4) is 0 Å². The average Bonchev–Trinajstić information content (AvgIpc) is 2.55. The molecule has 0 aliphatic carbocycles. The van der Waals surface area contributed by atoms with Crippen LogP contribution in [0.25, 0.3) is 0 Å². The Balaban J connectivity index is 2.35. The van der Waals surface area contributed by atoms with Gasteiger partial charge in [0.05, 0.1) is 12.5 Å². The number of Topliss-reactive ketones (excluding diaryl/α,β-unsaturated/α-hetero) is 1. The molecule has 2 aromatic carbocycles. The molecule has 0 aliphatic rings. The lowest BCUT2D eigenvalue weighted by atomic mass is 9.87. The molecule has 1 radical (unpaired) electrons. The summed E-state index contributed by atoms with van der Waals surface area (Å²) in [6.07, 6.45) is 0.878. The molecule has 2 aromatic rings. The summed E-state index contributed by atoms with van der Waals surface area (Å²) in [6.45, 7) is 1.17. The maximum Gasteiger partial charge on any atom is 0.233 e. The van der Waals surface area contributed by atoms with Gasteiger partial charge < -0.3 is 10.2 Å². The SMILES string of the molecule is CC(=O)C(c1ccc([C]=O)cc1)c1ccc(C(O)CO)cc1. The molecule has 0 saturated carbocycles. The molecule has 0 bridgehead atoms. The van der Waals surface area contributed by atoms with Crippen molar-refractivity contribution in [1.29, 1.82) is 0 Å². The Kier molecular flexibility index (Phi) is 5.20. The van der Waals surface area contributed by atoms with Gasteiger partial charge in [-0.3, -0.25) is 9.59 Å². The molecule has 2 rings (SSSR count). The van der Waals surface area contributed by atoms with E-state index in [-0.39, 0.29) is 12.4 Å². The first kappa shape index (κ1) is 16.1. The van der Waals surface area contributed by atoms with Crippen LogP contribution in [-0.4, -0.2) is 28.9 Å². The summed E-state index contributed by atoms with van der Waals surface area (Å²) in [7, 11) is 0. The third kappa shape index (κ3) is 3.47. The van der Waals surface area contributed by atoms with Crippen LogP contribution < -0.4 is 0 Å². The van der Waals surface area contributed by atoms with Crippen LogP contribution in [0.5, 0.6) is 0 Å². The topological polar surface area (TPSA) is 74.6 Å². The van der Waals surface area contributed by atoms with Gasteiger partial charge in [-0.05, 0) is 23.6 Å². The molecule has 0 spiro atoms. The molecule has 4 heteroatoms. The highest BCUT2D eigenvalue weighted by molar-refractivity contribution is 5.87. The van der Waals surface area contributed by atoms with Crippen LogP contribution in [-0.2, 0) is 9.59 Å². The van der Waals surface area contributed by atoms with Crippen molar-refractivity contribution in [2.45, 2.75) is 18.9 Å². The van der Waals surface area contributed by atoms with Gasteiger partial charge in [0.1, 0.15) is 11.9 Å². The number of aliphatic hydroxyl groups excluding tert-OH is 2. The molecule has 0 amide bonds. The second-order valence-corrected chi connectivity index (χ2v) is 5.13. The van der Waals surface area contributed by atoms with Gasteiger partial charge in [-0.15, -0.1) is 0 Å². The fraction of sp³-hybridized carbons (Fsp3) is 0.222. The van der Waals surface area contributed by atoms with E-state index < -0.39 is 12.0 Å². The number of benzene rings is 2. The van der Waals surface area contributed by atoms with Crippen molar-refractivity contribution in [3.63, 3.8) is 0 Å². The normalized spacial score (nSPS) is 13.4. The number of carbonyl (C=O) groups is 1. The predicted molar refractivity (Wildman–Crippen MR) is 82.2 cm³/mol. The Morgan fingerprint density at radius 3 is 1.86 bits per heavy atom. The van der Waals surface area contributed by atoms with Gasteiger partial charge in [0, 0.05) is 5.56 Å². The summed E-state index contributed by atoms with van der Waals surface area (Å²) in [4.78, 5) is 22.6. The van der Waals surface area contributed by atoms with Gasteiger partial charge in [-0.1, -0.05) is 48.5 Å². The maximum atomic E-state index is 12.0. The molecule has 0 heterocycles. The molecular formula is C18H17O4. The number of rotatable bonds is 6.